The molecule has 3 heterocycles. The lowest BCUT2D eigenvalue weighted by Crippen LogP contribution is -2.39. The predicted octanol–water partition coefficient (Wildman–Crippen LogP) is 4.28. The first-order chi connectivity index (χ1) is 13.7. The maximum Gasteiger partial charge on any atom is 0.253 e. The minimum absolute atomic E-state index is 0.159. The maximum atomic E-state index is 13.3. The molecule has 1 amide bonds. The molecule has 0 saturated carbocycles. The zero-order chi connectivity index (χ0) is 19.1. The number of hydrogen-bond donors (Lipinski definition) is 1. The minimum atomic E-state index is 0.159. The van der Waals surface area contributed by atoms with Gasteiger partial charge in [0.15, 0.2) is 0 Å². The summed E-state index contributed by atoms with van der Waals surface area (Å²) >= 11 is 0. The SMILES string of the molecule is CCn1ccnc1[C@H]1CCCN(C(=O)c2ccc3[nH]c4c(c3c2)CCCC4)C1. The van der Waals surface area contributed by atoms with Gasteiger partial charge in [0.2, 0.25) is 0 Å². The summed E-state index contributed by atoms with van der Waals surface area (Å²) in [4.78, 5) is 23.5. The number of rotatable bonds is 3. The third kappa shape index (κ3) is 2.93. The van der Waals surface area contributed by atoms with Crippen LogP contribution < -0.4 is 0 Å². The van der Waals surface area contributed by atoms with Gasteiger partial charge in [0.05, 0.1) is 0 Å². The van der Waals surface area contributed by atoms with Crippen molar-refractivity contribution in [2.75, 3.05) is 13.1 Å². The third-order valence-electron chi connectivity index (χ3n) is 6.51. The third-order valence-corrected chi connectivity index (χ3v) is 6.51. The Morgan fingerprint density at radius 2 is 2.14 bits per heavy atom. The van der Waals surface area contributed by atoms with Crippen LogP contribution in [-0.4, -0.2) is 38.4 Å². The summed E-state index contributed by atoms with van der Waals surface area (Å²) < 4.78 is 2.21. The predicted molar refractivity (Wildman–Crippen MR) is 111 cm³/mol. The van der Waals surface area contributed by atoms with E-state index in [1.807, 2.05) is 23.4 Å². The second-order valence-electron chi connectivity index (χ2n) is 8.21. The Balaban J connectivity index is 1.41. The highest BCUT2D eigenvalue weighted by molar-refractivity contribution is 5.99. The van der Waals surface area contributed by atoms with Crippen LogP contribution in [0.25, 0.3) is 10.9 Å². The molecule has 5 nitrogen and oxygen atoms in total. The summed E-state index contributed by atoms with van der Waals surface area (Å²) in [6.45, 7) is 4.67. The Hall–Kier alpha value is -2.56. The number of H-pyrrole nitrogens is 1. The van der Waals surface area contributed by atoms with Crippen molar-refractivity contribution in [3.05, 3.63) is 53.2 Å². The summed E-state index contributed by atoms with van der Waals surface area (Å²) in [5, 5.41) is 1.25. The van der Waals surface area contributed by atoms with E-state index in [1.54, 1.807) is 0 Å². The molecule has 1 aromatic carbocycles. The molecule has 2 aromatic heterocycles. The number of fused-ring (bicyclic) bond motifs is 3. The minimum Gasteiger partial charge on any atom is -0.358 e. The van der Waals surface area contributed by atoms with Crippen molar-refractivity contribution in [2.45, 2.75) is 57.9 Å². The number of carbonyl (C=O) groups excluding carboxylic acids is 1. The highest BCUT2D eigenvalue weighted by Crippen LogP contribution is 2.31. The van der Waals surface area contributed by atoms with Crippen LogP contribution in [0.2, 0.25) is 0 Å². The molecule has 0 bridgehead atoms. The van der Waals surface area contributed by atoms with Crippen LogP contribution in [-0.2, 0) is 19.4 Å². The van der Waals surface area contributed by atoms with Crippen LogP contribution >= 0.6 is 0 Å². The number of aromatic nitrogens is 3. The molecule has 5 rings (SSSR count). The Kier molecular flexibility index (Phi) is 4.46. The molecule has 0 unspecified atom stereocenters. The molecule has 28 heavy (non-hydrogen) atoms. The number of nitrogens with one attached hydrogen (secondary N) is 1. The fourth-order valence-electron chi connectivity index (χ4n) is 5.04. The lowest BCUT2D eigenvalue weighted by molar-refractivity contribution is 0.0703. The van der Waals surface area contributed by atoms with Gasteiger partial charge >= 0.3 is 0 Å². The summed E-state index contributed by atoms with van der Waals surface area (Å²) in [6, 6.07) is 6.20. The lowest BCUT2D eigenvalue weighted by Gasteiger charge is -2.32. The molecule has 1 atom stereocenters. The van der Waals surface area contributed by atoms with E-state index in [1.165, 1.54) is 35.0 Å². The van der Waals surface area contributed by atoms with Crippen molar-refractivity contribution < 1.29 is 4.79 Å². The first-order valence-electron chi connectivity index (χ1n) is 10.7. The van der Waals surface area contributed by atoms with E-state index in [0.717, 1.165) is 56.7 Å². The number of piperidine rings is 1. The zero-order valence-electron chi connectivity index (χ0n) is 16.6. The molecular weight excluding hydrogens is 348 g/mol. The van der Waals surface area contributed by atoms with Gasteiger partial charge in [-0.2, -0.15) is 0 Å². The van der Waals surface area contributed by atoms with E-state index in [9.17, 15) is 4.79 Å². The Labute approximate surface area is 165 Å². The fourth-order valence-corrected chi connectivity index (χ4v) is 5.04. The van der Waals surface area contributed by atoms with E-state index < -0.39 is 0 Å². The van der Waals surface area contributed by atoms with Gasteiger partial charge in [0.25, 0.3) is 5.91 Å². The van der Waals surface area contributed by atoms with Crippen molar-refractivity contribution in [2.24, 2.45) is 0 Å². The van der Waals surface area contributed by atoms with Crippen molar-refractivity contribution in [1.82, 2.24) is 19.4 Å². The van der Waals surface area contributed by atoms with Gasteiger partial charge < -0.3 is 14.5 Å². The summed E-state index contributed by atoms with van der Waals surface area (Å²) in [5.74, 6) is 1.61. The molecule has 3 aromatic rings. The number of likely N-dealkylation sites (tertiary alicyclic amines) is 1. The Bertz CT molecular complexity index is 1010. The quantitative estimate of drug-likeness (QED) is 0.742. The highest BCUT2D eigenvalue weighted by Gasteiger charge is 2.28. The first kappa shape index (κ1) is 17.5. The van der Waals surface area contributed by atoms with Crippen molar-refractivity contribution in [3.63, 3.8) is 0 Å². The molecule has 0 spiro atoms. The van der Waals surface area contributed by atoms with Crippen molar-refractivity contribution >= 4 is 16.8 Å². The molecule has 1 fully saturated rings. The number of imidazole rings is 1. The van der Waals surface area contributed by atoms with Gasteiger partial charge in [0.1, 0.15) is 5.82 Å². The maximum absolute atomic E-state index is 13.3. The van der Waals surface area contributed by atoms with Crippen LogP contribution in [0.5, 0.6) is 0 Å². The number of hydrogen-bond acceptors (Lipinski definition) is 2. The lowest BCUT2D eigenvalue weighted by atomic mass is 9.94. The summed E-state index contributed by atoms with van der Waals surface area (Å²) in [6.07, 6.45) is 10.8. The van der Waals surface area contributed by atoms with Gasteiger partial charge in [-0.25, -0.2) is 4.98 Å². The van der Waals surface area contributed by atoms with Crippen LogP contribution in [0.4, 0.5) is 0 Å². The van der Waals surface area contributed by atoms with Crippen LogP contribution in [0.1, 0.15) is 66.0 Å². The van der Waals surface area contributed by atoms with Gasteiger partial charge in [-0.15, -0.1) is 0 Å². The van der Waals surface area contributed by atoms with E-state index in [2.05, 4.69) is 33.6 Å². The van der Waals surface area contributed by atoms with Crippen LogP contribution in [0.3, 0.4) is 0 Å². The first-order valence-corrected chi connectivity index (χ1v) is 10.7. The van der Waals surface area contributed by atoms with Crippen molar-refractivity contribution in [1.29, 1.82) is 0 Å². The zero-order valence-corrected chi connectivity index (χ0v) is 16.6. The van der Waals surface area contributed by atoms with Crippen LogP contribution in [0.15, 0.2) is 30.6 Å². The molecule has 1 N–H and O–H groups in total. The second-order valence-corrected chi connectivity index (χ2v) is 8.21. The molecule has 2 aliphatic rings. The van der Waals surface area contributed by atoms with Crippen LogP contribution in [0, 0.1) is 0 Å². The second kappa shape index (κ2) is 7.12. The number of nitrogens with zero attached hydrogens (tertiary/aromatic N) is 3. The normalized spacial score (nSPS) is 19.8. The molecule has 0 radical (unpaired) electrons. The van der Waals surface area contributed by atoms with E-state index in [-0.39, 0.29) is 5.91 Å². The average Bonchev–Trinajstić information content (AvgIpc) is 3.37. The van der Waals surface area contributed by atoms with E-state index in [0.29, 0.717) is 5.92 Å². The standard InChI is InChI=1S/C23H28N4O/c1-2-26-13-11-24-22(26)17-6-5-12-27(15-17)23(28)16-9-10-21-19(14-16)18-7-3-4-8-20(18)25-21/h9-11,13-14,17,25H,2-8,12,15H2,1H3/t17-/m0/s1. The fraction of sp³-hybridized carbons (Fsp3) is 0.478. The summed E-state index contributed by atoms with van der Waals surface area (Å²) in [5.41, 5.74) is 4.79. The Morgan fingerprint density at radius 3 is 3.04 bits per heavy atom. The van der Waals surface area contributed by atoms with E-state index in [4.69, 9.17) is 0 Å². The topological polar surface area (TPSA) is 53.9 Å². The number of aromatic amines is 1. The molecule has 1 aliphatic carbocycles. The molecule has 5 heteroatoms. The summed E-state index contributed by atoms with van der Waals surface area (Å²) in [7, 11) is 0. The Morgan fingerprint density at radius 1 is 1.25 bits per heavy atom. The van der Waals surface area contributed by atoms with Crippen molar-refractivity contribution in [3.8, 4) is 0 Å². The van der Waals surface area contributed by atoms with E-state index >= 15 is 0 Å². The van der Waals surface area contributed by atoms with Gasteiger partial charge in [-0.1, -0.05) is 0 Å². The largest absolute Gasteiger partial charge is 0.358 e. The molecular formula is C23H28N4O. The smallest absolute Gasteiger partial charge is 0.253 e. The number of carbonyl (C=O) groups is 1. The van der Waals surface area contributed by atoms with Gasteiger partial charge in [-0.05, 0) is 69.2 Å². The van der Waals surface area contributed by atoms with Gasteiger partial charge in [-0.3, -0.25) is 4.79 Å². The number of benzene rings is 1. The number of amides is 1. The molecule has 1 aliphatic heterocycles. The highest BCUT2D eigenvalue weighted by atomic mass is 16.2. The molecule has 146 valence electrons. The van der Waals surface area contributed by atoms with Gasteiger partial charge in [0, 0.05) is 60.1 Å². The monoisotopic (exact) mass is 376 g/mol. The average molecular weight is 377 g/mol. The molecule has 1 saturated heterocycles. The number of aryl methyl sites for hydroxylation is 3.